The highest BCUT2D eigenvalue weighted by Crippen LogP contribution is 2.66. The number of rotatable bonds is 3. The minimum Gasteiger partial charge on any atom is -0.489 e. The number of aliphatic hydroxyl groups excluding tert-OH is 1. The molecule has 4 aliphatic rings. The lowest BCUT2D eigenvalue weighted by atomic mass is 9.47. The summed E-state index contributed by atoms with van der Waals surface area (Å²) >= 11 is 0. The number of fused-ring (bicyclic) bond motifs is 5. The van der Waals surface area contributed by atoms with Crippen LogP contribution in [0.15, 0.2) is 30.1 Å². The topological polar surface area (TPSA) is 42.4 Å². The van der Waals surface area contributed by atoms with E-state index in [0.717, 1.165) is 41.9 Å². The van der Waals surface area contributed by atoms with Crippen molar-refractivity contribution in [3.63, 3.8) is 0 Å². The second-order valence-electron chi connectivity index (χ2n) is 11.4. The number of pyridine rings is 1. The van der Waals surface area contributed by atoms with Crippen molar-refractivity contribution in [2.75, 3.05) is 0 Å². The predicted molar refractivity (Wildman–Crippen MR) is 120 cm³/mol. The van der Waals surface area contributed by atoms with E-state index >= 15 is 0 Å². The minimum absolute atomic E-state index is 0.111. The van der Waals surface area contributed by atoms with Crippen molar-refractivity contribution in [3.8, 4) is 5.75 Å². The highest BCUT2D eigenvalue weighted by molar-refractivity contribution is 5.26. The van der Waals surface area contributed by atoms with Gasteiger partial charge in [0.05, 0.1) is 18.4 Å². The molecule has 0 bridgehead atoms. The normalized spacial score (nSPS) is 43.8. The van der Waals surface area contributed by atoms with E-state index < -0.39 is 0 Å². The molecular formula is C27H39NO2. The summed E-state index contributed by atoms with van der Waals surface area (Å²) in [6.07, 6.45) is 16.0. The zero-order valence-corrected chi connectivity index (χ0v) is 19.2. The van der Waals surface area contributed by atoms with Crippen LogP contribution in [-0.4, -0.2) is 22.3 Å². The van der Waals surface area contributed by atoms with Crippen LogP contribution in [0.5, 0.6) is 5.75 Å². The Bertz CT molecular complexity index is 834. The highest BCUT2D eigenvalue weighted by Gasteiger charge is 2.59. The van der Waals surface area contributed by atoms with E-state index in [1.165, 1.54) is 38.5 Å². The standard InChI is InChI=1S/C27H39NO2/c1-17-13-21(16-28-15-17)30-18(2)23-7-8-24-22-6-5-19-14-20(29)9-11-26(19,3)25(22)10-12-27(23,24)4/h5,13,15-16,18,20,22-25,29H,6-12,14H2,1-4H3/t18-,20-,22-,23+,24-,25-,26-,27+/m0/s1. The van der Waals surface area contributed by atoms with Gasteiger partial charge in [0.15, 0.2) is 0 Å². The number of ether oxygens (including phenoxy) is 1. The third-order valence-electron chi connectivity index (χ3n) is 9.89. The molecule has 8 atom stereocenters. The van der Waals surface area contributed by atoms with Crippen LogP contribution < -0.4 is 4.74 Å². The van der Waals surface area contributed by atoms with Crippen LogP contribution in [0, 0.1) is 41.4 Å². The van der Waals surface area contributed by atoms with Crippen molar-refractivity contribution in [1.82, 2.24) is 4.98 Å². The lowest BCUT2D eigenvalue weighted by molar-refractivity contribution is -0.0643. The smallest absolute Gasteiger partial charge is 0.138 e. The Morgan fingerprint density at radius 2 is 1.93 bits per heavy atom. The van der Waals surface area contributed by atoms with E-state index in [1.807, 2.05) is 12.4 Å². The van der Waals surface area contributed by atoms with E-state index in [0.29, 0.717) is 16.7 Å². The van der Waals surface area contributed by atoms with Gasteiger partial charge in [-0.1, -0.05) is 25.5 Å². The third-order valence-corrected chi connectivity index (χ3v) is 9.89. The first-order valence-corrected chi connectivity index (χ1v) is 12.3. The largest absolute Gasteiger partial charge is 0.489 e. The number of allylic oxidation sites excluding steroid dienone is 1. The molecule has 3 heteroatoms. The maximum Gasteiger partial charge on any atom is 0.138 e. The molecular weight excluding hydrogens is 370 g/mol. The maximum atomic E-state index is 10.2. The summed E-state index contributed by atoms with van der Waals surface area (Å²) in [6, 6.07) is 2.11. The van der Waals surface area contributed by atoms with E-state index in [2.05, 4.69) is 44.8 Å². The molecule has 1 N–H and O–H groups in total. The van der Waals surface area contributed by atoms with Crippen LogP contribution in [0.3, 0.4) is 0 Å². The number of hydrogen-bond acceptors (Lipinski definition) is 3. The van der Waals surface area contributed by atoms with Gasteiger partial charge in [-0.2, -0.15) is 0 Å². The monoisotopic (exact) mass is 409 g/mol. The minimum atomic E-state index is -0.111. The molecule has 0 aromatic carbocycles. The molecule has 0 radical (unpaired) electrons. The molecule has 1 heterocycles. The predicted octanol–water partition coefficient (Wildman–Crippen LogP) is 6.10. The summed E-state index contributed by atoms with van der Waals surface area (Å²) < 4.78 is 6.44. The molecule has 4 aliphatic carbocycles. The molecule has 164 valence electrons. The van der Waals surface area contributed by atoms with Crippen molar-refractivity contribution in [2.45, 2.75) is 91.3 Å². The Hall–Kier alpha value is -1.35. The van der Waals surface area contributed by atoms with Gasteiger partial charge in [-0.05, 0) is 105 Å². The Morgan fingerprint density at radius 1 is 1.10 bits per heavy atom. The van der Waals surface area contributed by atoms with Gasteiger partial charge >= 0.3 is 0 Å². The fourth-order valence-electron chi connectivity index (χ4n) is 8.34. The average molecular weight is 410 g/mol. The summed E-state index contributed by atoms with van der Waals surface area (Å²) in [4.78, 5) is 4.32. The SMILES string of the molecule is Cc1cncc(O[C@@H](C)[C@H]2CC[C@H]3[C@@H]4CC=C5C[C@@H](O)CC[C@]5(C)[C@H]4CC[C@]23C)c1. The molecule has 0 spiro atoms. The number of aromatic nitrogens is 1. The van der Waals surface area contributed by atoms with Crippen LogP contribution in [0.2, 0.25) is 0 Å². The van der Waals surface area contributed by atoms with Crippen molar-refractivity contribution in [2.24, 2.45) is 34.5 Å². The first-order chi connectivity index (χ1) is 14.3. The molecule has 1 aromatic heterocycles. The van der Waals surface area contributed by atoms with Gasteiger partial charge in [-0.25, -0.2) is 0 Å². The van der Waals surface area contributed by atoms with E-state index in [-0.39, 0.29) is 12.2 Å². The van der Waals surface area contributed by atoms with Crippen LogP contribution in [-0.2, 0) is 0 Å². The van der Waals surface area contributed by atoms with Crippen LogP contribution >= 0.6 is 0 Å². The summed E-state index contributed by atoms with van der Waals surface area (Å²) in [6.45, 7) is 9.46. The van der Waals surface area contributed by atoms with Gasteiger partial charge < -0.3 is 9.84 Å². The van der Waals surface area contributed by atoms with E-state index in [4.69, 9.17) is 4.74 Å². The number of aliphatic hydroxyl groups is 1. The number of nitrogens with zero attached hydrogens (tertiary/aromatic N) is 1. The van der Waals surface area contributed by atoms with Gasteiger partial charge in [0, 0.05) is 12.1 Å². The third kappa shape index (κ3) is 3.15. The zero-order valence-electron chi connectivity index (χ0n) is 19.2. The van der Waals surface area contributed by atoms with Gasteiger partial charge in [0.1, 0.15) is 5.75 Å². The molecule has 0 saturated heterocycles. The number of hydrogen-bond donors (Lipinski definition) is 1. The zero-order chi connectivity index (χ0) is 21.1. The molecule has 30 heavy (non-hydrogen) atoms. The van der Waals surface area contributed by atoms with Gasteiger partial charge in [0.25, 0.3) is 0 Å². The maximum absolute atomic E-state index is 10.2. The fraction of sp³-hybridized carbons (Fsp3) is 0.741. The molecule has 0 unspecified atom stereocenters. The fourth-order valence-corrected chi connectivity index (χ4v) is 8.34. The quantitative estimate of drug-likeness (QED) is 0.614. The van der Waals surface area contributed by atoms with Gasteiger partial charge in [-0.3, -0.25) is 4.98 Å². The molecule has 3 saturated carbocycles. The van der Waals surface area contributed by atoms with Crippen LogP contribution in [0.25, 0.3) is 0 Å². The van der Waals surface area contributed by atoms with Crippen LogP contribution in [0.1, 0.15) is 77.7 Å². The second kappa shape index (κ2) is 7.36. The van der Waals surface area contributed by atoms with Crippen molar-refractivity contribution in [3.05, 3.63) is 35.7 Å². The molecule has 3 fully saturated rings. The van der Waals surface area contributed by atoms with Crippen molar-refractivity contribution in [1.29, 1.82) is 0 Å². The van der Waals surface area contributed by atoms with Gasteiger partial charge in [0.2, 0.25) is 0 Å². The Labute approximate surface area is 182 Å². The Morgan fingerprint density at radius 3 is 2.73 bits per heavy atom. The summed E-state index contributed by atoms with van der Waals surface area (Å²) in [7, 11) is 0. The number of aryl methyl sites for hydroxylation is 1. The molecule has 3 nitrogen and oxygen atoms in total. The molecule has 5 rings (SSSR count). The van der Waals surface area contributed by atoms with E-state index in [9.17, 15) is 5.11 Å². The van der Waals surface area contributed by atoms with Crippen LogP contribution in [0.4, 0.5) is 0 Å². The second-order valence-corrected chi connectivity index (χ2v) is 11.4. The van der Waals surface area contributed by atoms with Crippen molar-refractivity contribution < 1.29 is 9.84 Å². The van der Waals surface area contributed by atoms with Gasteiger partial charge in [-0.15, -0.1) is 0 Å². The lowest BCUT2D eigenvalue weighted by Gasteiger charge is -2.58. The summed E-state index contributed by atoms with van der Waals surface area (Å²) in [5.41, 5.74) is 3.45. The molecule has 1 aromatic rings. The van der Waals surface area contributed by atoms with Crippen molar-refractivity contribution >= 4 is 0 Å². The Kier molecular flexibility index (Phi) is 5.04. The highest BCUT2D eigenvalue weighted by atomic mass is 16.5. The van der Waals surface area contributed by atoms with E-state index in [1.54, 1.807) is 5.57 Å². The molecule has 0 amide bonds. The summed E-state index contributed by atoms with van der Waals surface area (Å²) in [5.74, 6) is 3.96. The molecule has 0 aliphatic heterocycles. The Balaban J connectivity index is 1.36. The first kappa shape index (κ1) is 20.5. The lowest BCUT2D eigenvalue weighted by Crippen LogP contribution is -2.51. The summed E-state index contributed by atoms with van der Waals surface area (Å²) in [5, 5.41) is 10.2. The average Bonchev–Trinajstić information content (AvgIpc) is 3.06. The first-order valence-electron chi connectivity index (χ1n) is 12.3.